The van der Waals surface area contributed by atoms with Gasteiger partial charge in [0.25, 0.3) is 0 Å². The van der Waals surface area contributed by atoms with Crippen molar-refractivity contribution in [3.63, 3.8) is 0 Å². The zero-order valence-corrected chi connectivity index (χ0v) is 20.3. The van der Waals surface area contributed by atoms with Gasteiger partial charge in [0.1, 0.15) is 0 Å². The van der Waals surface area contributed by atoms with Crippen LogP contribution in [-0.4, -0.2) is 37.2 Å². The van der Waals surface area contributed by atoms with Crippen LogP contribution in [0.5, 0.6) is 0 Å². The van der Waals surface area contributed by atoms with E-state index in [1.807, 2.05) is 13.0 Å². The van der Waals surface area contributed by atoms with Gasteiger partial charge in [-0.1, -0.05) is 42.9 Å². The highest BCUT2D eigenvalue weighted by Crippen LogP contribution is 2.69. The van der Waals surface area contributed by atoms with Crippen LogP contribution in [0.25, 0.3) is 0 Å². The topological polar surface area (TPSA) is 71.4 Å². The number of carbonyl (C=O) groups is 3. The summed E-state index contributed by atoms with van der Waals surface area (Å²) in [6.07, 6.45) is 6.70. The summed E-state index contributed by atoms with van der Waals surface area (Å²) in [5, 5.41) is 11.5. The van der Waals surface area contributed by atoms with Crippen molar-refractivity contribution < 1.29 is 19.5 Å². The Kier molecular flexibility index (Phi) is 5.64. The maximum atomic E-state index is 12.6. The molecule has 0 aliphatic heterocycles. The quantitative estimate of drug-likeness (QED) is 0.652. The first kappa shape index (κ1) is 22.6. The zero-order chi connectivity index (χ0) is 22.1. The predicted molar refractivity (Wildman–Crippen MR) is 122 cm³/mol. The average molecular weight is 451 g/mol. The number of thioether (sulfide) groups is 2. The summed E-state index contributed by atoms with van der Waals surface area (Å²) in [7, 11) is 0. The molecule has 4 aliphatic carbocycles. The number of fused-ring (bicyclic) bond motifs is 5. The molecule has 6 heteroatoms. The van der Waals surface area contributed by atoms with Gasteiger partial charge >= 0.3 is 0 Å². The lowest BCUT2D eigenvalue weighted by Gasteiger charge is -2.62. The molecule has 0 spiro atoms. The molecule has 0 heterocycles. The fourth-order valence-corrected chi connectivity index (χ4v) is 9.92. The van der Waals surface area contributed by atoms with Crippen LogP contribution in [0.4, 0.5) is 0 Å². The number of carbonyl (C=O) groups excluding carboxylic acids is 3. The molecule has 0 bridgehead atoms. The summed E-state index contributed by atoms with van der Waals surface area (Å²) in [6.45, 7) is 9.74. The van der Waals surface area contributed by atoms with Crippen molar-refractivity contribution in [2.45, 2.75) is 89.2 Å². The van der Waals surface area contributed by atoms with E-state index in [-0.39, 0.29) is 37.3 Å². The first-order chi connectivity index (χ1) is 13.9. The van der Waals surface area contributed by atoms with Gasteiger partial charge in [0.2, 0.25) is 0 Å². The van der Waals surface area contributed by atoms with E-state index in [1.165, 1.54) is 23.5 Å². The molecule has 3 fully saturated rings. The van der Waals surface area contributed by atoms with Gasteiger partial charge in [0.05, 0.1) is 5.60 Å². The van der Waals surface area contributed by atoms with Crippen LogP contribution in [0.15, 0.2) is 11.6 Å². The highest BCUT2D eigenvalue weighted by atomic mass is 32.2. The maximum Gasteiger partial charge on any atom is 0.186 e. The molecule has 4 nitrogen and oxygen atoms in total. The van der Waals surface area contributed by atoms with E-state index in [2.05, 4.69) is 13.8 Å². The molecule has 0 unspecified atom stereocenters. The number of rotatable bonds is 2. The Balaban J connectivity index is 1.81. The average Bonchev–Trinajstić information content (AvgIpc) is 2.86. The largest absolute Gasteiger partial charge is 0.390 e. The molecule has 1 N–H and O–H groups in total. The Labute approximate surface area is 188 Å². The molecule has 4 aliphatic rings. The lowest BCUT2D eigenvalue weighted by atomic mass is 9.46. The molecule has 4 rings (SSSR count). The second-order valence-corrected chi connectivity index (χ2v) is 13.4. The first-order valence-corrected chi connectivity index (χ1v) is 13.0. The van der Waals surface area contributed by atoms with Crippen LogP contribution >= 0.6 is 23.5 Å². The Hall–Kier alpha value is -0.590. The highest BCUT2D eigenvalue weighted by molar-refractivity contribution is 8.14. The van der Waals surface area contributed by atoms with Crippen molar-refractivity contribution in [2.75, 3.05) is 0 Å². The van der Waals surface area contributed by atoms with Gasteiger partial charge in [-0.25, -0.2) is 0 Å². The molecule has 166 valence electrons. The summed E-state index contributed by atoms with van der Waals surface area (Å²) in [5.74, 6) is 1.11. The van der Waals surface area contributed by atoms with Crippen molar-refractivity contribution in [2.24, 2.45) is 28.6 Å². The number of ketones is 1. The van der Waals surface area contributed by atoms with Crippen LogP contribution < -0.4 is 0 Å². The van der Waals surface area contributed by atoms with Gasteiger partial charge < -0.3 is 5.11 Å². The van der Waals surface area contributed by atoms with Crippen LogP contribution in [0, 0.1) is 28.6 Å². The number of allylic oxidation sites excluding steroid dienone is 1. The summed E-state index contributed by atoms with van der Waals surface area (Å²) >= 11 is 2.77. The third-order valence-electron chi connectivity index (χ3n) is 9.22. The molecule has 0 aromatic carbocycles. The SMILES string of the molecule is CC(=O)S[C@H]1CC(=O)C=C2C[C@@H](SC(C)=O)[C@@H]3[C@H](CC[C@@]4(C)[C@H]3CC[C@]4(C)O)[C@]21C. The monoisotopic (exact) mass is 450 g/mol. The fraction of sp³-hybridized carbons (Fsp3) is 0.792. The molecule has 0 amide bonds. The van der Waals surface area contributed by atoms with Crippen LogP contribution in [0.3, 0.4) is 0 Å². The van der Waals surface area contributed by atoms with E-state index in [4.69, 9.17) is 0 Å². The van der Waals surface area contributed by atoms with Gasteiger partial charge in [0, 0.05) is 36.2 Å². The van der Waals surface area contributed by atoms with Crippen LogP contribution in [-0.2, 0) is 14.4 Å². The van der Waals surface area contributed by atoms with Gasteiger partial charge in [-0.3, -0.25) is 14.4 Å². The minimum Gasteiger partial charge on any atom is -0.390 e. The minimum absolute atomic E-state index is 0.0375. The van der Waals surface area contributed by atoms with E-state index in [0.717, 1.165) is 37.7 Å². The van der Waals surface area contributed by atoms with E-state index in [9.17, 15) is 19.5 Å². The standard InChI is InChI=1S/C24H34O4S2/c1-13(25)29-19-11-15-10-16(27)12-20(30-14(2)26)24(15,5)18-6-8-22(3)17(21(18)19)7-9-23(22,4)28/h10,17-21,28H,6-9,11-12H2,1-5H3/t17-,18-,19+,20-,21-,22-,23-,24-/m0/s1. The van der Waals surface area contributed by atoms with E-state index >= 15 is 0 Å². The van der Waals surface area contributed by atoms with Gasteiger partial charge in [0.15, 0.2) is 16.0 Å². The van der Waals surface area contributed by atoms with Gasteiger partial charge in [-0.05, 0) is 68.3 Å². The number of aliphatic hydroxyl groups is 1. The fourth-order valence-electron chi connectivity index (χ4n) is 7.47. The lowest BCUT2D eigenvalue weighted by molar-refractivity contribution is -0.122. The molecule has 0 saturated heterocycles. The van der Waals surface area contributed by atoms with Crippen molar-refractivity contribution in [1.82, 2.24) is 0 Å². The molecule has 0 aromatic rings. The zero-order valence-electron chi connectivity index (χ0n) is 18.7. The molecule has 30 heavy (non-hydrogen) atoms. The van der Waals surface area contributed by atoms with Crippen molar-refractivity contribution >= 4 is 39.5 Å². The summed E-state index contributed by atoms with van der Waals surface area (Å²) < 4.78 is 0. The Morgan fingerprint density at radius 3 is 2.27 bits per heavy atom. The molecule has 0 radical (unpaired) electrons. The Bertz CT molecular complexity index is 818. The van der Waals surface area contributed by atoms with Gasteiger partial charge in [-0.15, -0.1) is 0 Å². The summed E-state index contributed by atoms with van der Waals surface area (Å²) in [5.41, 5.74) is 0.111. The molecule has 8 atom stereocenters. The van der Waals surface area contributed by atoms with Crippen LogP contribution in [0.1, 0.15) is 73.1 Å². The maximum absolute atomic E-state index is 12.6. The predicted octanol–water partition coefficient (Wildman–Crippen LogP) is 4.79. The van der Waals surface area contributed by atoms with E-state index < -0.39 is 5.60 Å². The van der Waals surface area contributed by atoms with Gasteiger partial charge in [-0.2, -0.15) is 0 Å². The normalized spacial score (nSPS) is 47.7. The molecular formula is C24H34O4S2. The third kappa shape index (κ3) is 3.27. The second kappa shape index (κ2) is 7.48. The van der Waals surface area contributed by atoms with Crippen molar-refractivity contribution in [3.05, 3.63) is 11.6 Å². The highest BCUT2D eigenvalue weighted by Gasteiger charge is 2.66. The van der Waals surface area contributed by atoms with Crippen molar-refractivity contribution in [1.29, 1.82) is 0 Å². The Morgan fingerprint density at radius 2 is 1.63 bits per heavy atom. The summed E-state index contributed by atoms with van der Waals surface area (Å²) in [4.78, 5) is 36.8. The van der Waals surface area contributed by atoms with E-state index in [0.29, 0.717) is 24.2 Å². The van der Waals surface area contributed by atoms with Crippen molar-refractivity contribution in [3.8, 4) is 0 Å². The third-order valence-corrected chi connectivity index (χ3v) is 11.6. The number of hydrogen-bond acceptors (Lipinski definition) is 6. The van der Waals surface area contributed by atoms with Crippen LogP contribution in [0.2, 0.25) is 0 Å². The number of hydrogen-bond donors (Lipinski definition) is 1. The molecular weight excluding hydrogens is 416 g/mol. The molecule has 0 aromatic heterocycles. The lowest BCUT2D eigenvalue weighted by Crippen LogP contribution is -2.59. The minimum atomic E-state index is -0.679. The smallest absolute Gasteiger partial charge is 0.186 e. The Morgan fingerprint density at radius 1 is 1.00 bits per heavy atom. The molecule has 3 saturated carbocycles. The second-order valence-electron chi connectivity index (χ2n) is 10.6. The van der Waals surface area contributed by atoms with E-state index in [1.54, 1.807) is 13.8 Å². The summed E-state index contributed by atoms with van der Waals surface area (Å²) in [6, 6.07) is 0. The first-order valence-electron chi connectivity index (χ1n) is 11.2.